The first-order chi connectivity index (χ1) is 11.2. The number of fused-ring (bicyclic) bond motifs is 1. The highest BCUT2D eigenvalue weighted by Gasteiger charge is 2.31. The summed E-state index contributed by atoms with van der Waals surface area (Å²) in [7, 11) is 1.90. The van der Waals surface area contributed by atoms with Crippen LogP contribution in [0.25, 0.3) is 0 Å². The summed E-state index contributed by atoms with van der Waals surface area (Å²) >= 11 is 0. The van der Waals surface area contributed by atoms with Gasteiger partial charge in [0.2, 0.25) is 5.91 Å². The summed E-state index contributed by atoms with van der Waals surface area (Å²) < 4.78 is 7.71. The van der Waals surface area contributed by atoms with E-state index in [2.05, 4.69) is 21.8 Å². The van der Waals surface area contributed by atoms with Crippen LogP contribution in [0.15, 0.2) is 12.7 Å². The van der Waals surface area contributed by atoms with Gasteiger partial charge >= 0.3 is 0 Å². The van der Waals surface area contributed by atoms with E-state index in [1.54, 1.807) is 9.58 Å². The largest absolute Gasteiger partial charge is 0.379 e. The maximum absolute atomic E-state index is 11.9. The number of carbonyl (C=O) groups excluding carboxylic acids is 1. The molecular weight excluding hydrogens is 294 g/mol. The van der Waals surface area contributed by atoms with Crippen molar-refractivity contribution in [2.45, 2.75) is 25.3 Å². The van der Waals surface area contributed by atoms with Crippen molar-refractivity contribution in [2.75, 3.05) is 39.4 Å². The maximum Gasteiger partial charge on any atom is 0.246 e. The van der Waals surface area contributed by atoms with Crippen molar-refractivity contribution >= 4 is 5.91 Å². The minimum absolute atomic E-state index is 0.0663. The molecule has 23 heavy (non-hydrogen) atoms. The van der Waals surface area contributed by atoms with Crippen LogP contribution in [-0.2, 0) is 23.1 Å². The van der Waals surface area contributed by atoms with Crippen LogP contribution in [0.2, 0.25) is 0 Å². The Labute approximate surface area is 136 Å². The molecule has 0 aliphatic carbocycles. The van der Waals surface area contributed by atoms with E-state index in [1.807, 2.05) is 7.05 Å². The molecule has 0 N–H and O–H groups in total. The smallest absolute Gasteiger partial charge is 0.246 e. The molecule has 0 unspecified atom stereocenters. The van der Waals surface area contributed by atoms with Gasteiger partial charge in [0, 0.05) is 26.1 Å². The first kappa shape index (κ1) is 16.1. The van der Waals surface area contributed by atoms with Gasteiger partial charge in [-0.3, -0.25) is 9.48 Å². The van der Waals surface area contributed by atoms with Gasteiger partial charge in [0.05, 0.1) is 25.5 Å². The summed E-state index contributed by atoms with van der Waals surface area (Å²) in [5, 5.41) is 8.28. The molecule has 126 valence electrons. The van der Waals surface area contributed by atoms with Crippen molar-refractivity contribution in [3.8, 4) is 0 Å². The average Bonchev–Trinajstić information content (AvgIpc) is 3.20. The van der Waals surface area contributed by atoms with Crippen LogP contribution in [0.1, 0.15) is 30.1 Å². The van der Waals surface area contributed by atoms with Gasteiger partial charge in [0.15, 0.2) is 0 Å². The van der Waals surface area contributed by atoms with Crippen LogP contribution in [-0.4, -0.2) is 70.1 Å². The number of carbonyl (C=O) groups is 1. The van der Waals surface area contributed by atoms with Crippen molar-refractivity contribution in [2.24, 2.45) is 7.05 Å². The van der Waals surface area contributed by atoms with E-state index in [0.29, 0.717) is 19.7 Å². The Morgan fingerprint density at radius 2 is 2.22 bits per heavy atom. The van der Waals surface area contributed by atoms with Gasteiger partial charge in [-0.05, 0) is 32.0 Å². The number of amides is 1. The fourth-order valence-corrected chi connectivity index (χ4v) is 3.47. The Morgan fingerprint density at radius 3 is 2.96 bits per heavy atom. The van der Waals surface area contributed by atoms with Gasteiger partial charge < -0.3 is 14.5 Å². The minimum atomic E-state index is -0.0663. The summed E-state index contributed by atoms with van der Waals surface area (Å²) in [5.74, 6) is 0.0459. The van der Waals surface area contributed by atoms with Crippen LogP contribution in [0.4, 0.5) is 0 Å². The number of likely N-dealkylation sites (tertiary alicyclic amines) is 1. The van der Waals surface area contributed by atoms with Gasteiger partial charge in [-0.15, -0.1) is 5.10 Å². The molecule has 3 heterocycles. The van der Waals surface area contributed by atoms with E-state index < -0.39 is 0 Å². The predicted molar refractivity (Wildman–Crippen MR) is 85.9 cm³/mol. The Kier molecular flexibility index (Phi) is 5.07. The summed E-state index contributed by atoms with van der Waals surface area (Å²) in [5.41, 5.74) is 1.95. The summed E-state index contributed by atoms with van der Waals surface area (Å²) in [6.07, 6.45) is 3.95. The lowest BCUT2D eigenvalue weighted by Gasteiger charge is -2.31. The van der Waals surface area contributed by atoms with Crippen LogP contribution < -0.4 is 0 Å². The second-order valence-electron chi connectivity index (χ2n) is 6.29. The van der Waals surface area contributed by atoms with Crippen LogP contribution in [0.3, 0.4) is 0 Å². The number of aryl methyl sites for hydroxylation is 1. The highest BCUT2D eigenvalue weighted by Crippen LogP contribution is 2.27. The molecule has 1 fully saturated rings. The molecule has 0 saturated carbocycles. The van der Waals surface area contributed by atoms with Crippen LogP contribution in [0.5, 0.6) is 0 Å². The van der Waals surface area contributed by atoms with E-state index in [9.17, 15) is 4.79 Å². The second kappa shape index (κ2) is 7.23. The molecule has 0 bridgehead atoms. The molecule has 0 aromatic carbocycles. The molecule has 0 spiro atoms. The average molecular weight is 319 g/mol. The zero-order valence-electron chi connectivity index (χ0n) is 13.8. The lowest BCUT2D eigenvalue weighted by Crippen LogP contribution is -2.39. The van der Waals surface area contributed by atoms with Gasteiger partial charge in [-0.2, -0.15) is 0 Å². The number of aromatic nitrogens is 3. The highest BCUT2D eigenvalue weighted by molar-refractivity contribution is 5.87. The number of nitrogens with zero attached hydrogens (tertiary/aromatic N) is 5. The third-order valence-corrected chi connectivity index (χ3v) is 4.67. The fraction of sp³-hybridized carbons (Fsp3) is 0.688. The first-order valence-corrected chi connectivity index (χ1v) is 8.29. The number of ether oxygens (including phenoxy) is 1. The van der Waals surface area contributed by atoms with Gasteiger partial charge in [-0.25, -0.2) is 0 Å². The second-order valence-corrected chi connectivity index (χ2v) is 6.29. The SMILES string of the molecule is C=CC(=O)N1Cc2nnn(C)c2[C@H](COCCN2CCCC2)C1. The zero-order valence-corrected chi connectivity index (χ0v) is 13.8. The van der Waals surface area contributed by atoms with E-state index in [0.717, 1.165) is 24.5 Å². The van der Waals surface area contributed by atoms with Gasteiger partial charge in [0.25, 0.3) is 0 Å². The van der Waals surface area contributed by atoms with Crippen LogP contribution in [0, 0.1) is 0 Å². The molecule has 1 saturated heterocycles. The molecule has 0 radical (unpaired) electrons. The van der Waals surface area contributed by atoms with Gasteiger partial charge in [-0.1, -0.05) is 11.8 Å². The molecule has 7 nitrogen and oxygen atoms in total. The van der Waals surface area contributed by atoms with E-state index in [-0.39, 0.29) is 11.8 Å². The molecule has 1 aromatic heterocycles. The van der Waals surface area contributed by atoms with Crippen molar-refractivity contribution in [1.29, 1.82) is 0 Å². The summed E-state index contributed by atoms with van der Waals surface area (Å²) in [6, 6.07) is 0. The first-order valence-electron chi connectivity index (χ1n) is 8.29. The van der Waals surface area contributed by atoms with Crippen molar-refractivity contribution in [3.05, 3.63) is 24.0 Å². The molecule has 1 aromatic rings. The lowest BCUT2D eigenvalue weighted by atomic mass is 9.99. The number of hydrogen-bond acceptors (Lipinski definition) is 5. The predicted octanol–water partition coefficient (Wildman–Crippen LogP) is 0.539. The molecule has 2 aliphatic heterocycles. The Balaban J connectivity index is 1.58. The molecule has 1 atom stereocenters. The Hall–Kier alpha value is -1.73. The molecule has 7 heteroatoms. The topological polar surface area (TPSA) is 63.5 Å². The minimum Gasteiger partial charge on any atom is -0.379 e. The number of rotatable bonds is 6. The fourth-order valence-electron chi connectivity index (χ4n) is 3.47. The van der Waals surface area contributed by atoms with Crippen LogP contribution >= 0.6 is 0 Å². The van der Waals surface area contributed by atoms with Crippen molar-refractivity contribution < 1.29 is 9.53 Å². The van der Waals surface area contributed by atoms with E-state index in [4.69, 9.17) is 4.74 Å². The third-order valence-electron chi connectivity index (χ3n) is 4.67. The monoisotopic (exact) mass is 319 g/mol. The maximum atomic E-state index is 11.9. The Bertz CT molecular complexity index is 565. The number of hydrogen-bond donors (Lipinski definition) is 0. The highest BCUT2D eigenvalue weighted by atomic mass is 16.5. The Morgan fingerprint density at radius 1 is 1.43 bits per heavy atom. The zero-order chi connectivity index (χ0) is 16.2. The molecular formula is C16H25N5O2. The van der Waals surface area contributed by atoms with Crippen molar-refractivity contribution in [1.82, 2.24) is 24.8 Å². The normalized spacial score (nSPS) is 21.4. The van der Waals surface area contributed by atoms with E-state index >= 15 is 0 Å². The standard InChI is InChI=1S/C16H25N5O2/c1-3-15(22)21-10-13(16-14(11-21)17-18-19(16)2)12-23-9-8-20-6-4-5-7-20/h3,13H,1,4-12H2,2H3/t13-/m0/s1. The van der Waals surface area contributed by atoms with Crippen molar-refractivity contribution in [3.63, 3.8) is 0 Å². The summed E-state index contributed by atoms with van der Waals surface area (Å²) in [6.45, 7) is 9.37. The third kappa shape index (κ3) is 3.61. The lowest BCUT2D eigenvalue weighted by molar-refractivity contribution is -0.127. The van der Waals surface area contributed by atoms with E-state index in [1.165, 1.54) is 32.0 Å². The summed E-state index contributed by atoms with van der Waals surface area (Å²) in [4.78, 5) is 16.1. The van der Waals surface area contributed by atoms with Gasteiger partial charge in [0.1, 0.15) is 5.69 Å². The quantitative estimate of drug-likeness (QED) is 0.566. The molecule has 1 amide bonds. The molecule has 3 rings (SSSR count). The molecule has 2 aliphatic rings.